The van der Waals surface area contributed by atoms with E-state index < -0.39 is 12.0 Å². The van der Waals surface area contributed by atoms with Gasteiger partial charge in [0.25, 0.3) is 5.91 Å². The summed E-state index contributed by atoms with van der Waals surface area (Å²) in [5, 5.41) is 12.1. The maximum absolute atomic E-state index is 12.8. The van der Waals surface area contributed by atoms with Gasteiger partial charge in [0.05, 0.1) is 0 Å². The molecule has 166 valence electrons. The quantitative estimate of drug-likeness (QED) is 0.589. The molecule has 2 unspecified atom stereocenters. The summed E-state index contributed by atoms with van der Waals surface area (Å²) in [6.45, 7) is 5.30. The minimum Gasteiger partial charge on any atom is -0.480 e. The molecule has 2 aromatic rings. The predicted octanol–water partition coefficient (Wildman–Crippen LogP) is 4.37. The van der Waals surface area contributed by atoms with Crippen LogP contribution in [0.15, 0.2) is 54.6 Å². The summed E-state index contributed by atoms with van der Waals surface area (Å²) in [5.74, 6) is -0.268. The van der Waals surface area contributed by atoms with E-state index in [1.807, 2.05) is 6.07 Å². The molecule has 0 bridgehead atoms. The minimum atomic E-state index is -1.03. The Hall–Kier alpha value is -2.66. The SMILES string of the molecule is CC1(C)CCC(C(CNC(=O)c2ccc(CC(N)C(=O)O)cc2)c2ccccc2)CC1. The van der Waals surface area contributed by atoms with Crippen LogP contribution in [-0.2, 0) is 11.2 Å². The summed E-state index contributed by atoms with van der Waals surface area (Å²) in [4.78, 5) is 23.7. The number of hydrogen-bond donors (Lipinski definition) is 3. The molecule has 0 saturated heterocycles. The van der Waals surface area contributed by atoms with Crippen molar-refractivity contribution in [1.82, 2.24) is 5.32 Å². The fraction of sp³-hybridized carbons (Fsp3) is 0.462. The van der Waals surface area contributed by atoms with Crippen molar-refractivity contribution in [3.63, 3.8) is 0 Å². The molecule has 5 nitrogen and oxygen atoms in total. The average molecular weight is 423 g/mol. The molecule has 31 heavy (non-hydrogen) atoms. The molecule has 2 atom stereocenters. The second-order valence-corrected chi connectivity index (χ2v) is 9.57. The first-order chi connectivity index (χ1) is 14.7. The topological polar surface area (TPSA) is 92.4 Å². The molecule has 1 amide bonds. The van der Waals surface area contributed by atoms with Gasteiger partial charge in [-0.3, -0.25) is 9.59 Å². The van der Waals surface area contributed by atoms with Crippen LogP contribution in [0, 0.1) is 11.3 Å². The van der Waals surface area contributed by atoms with Crippen LogP contribution in [-0.4, -0.2) is 29.6 Å². The Balaban J connectivity index is 1.64. The van der Waals surface area contributed by atoms with Crippen LogP contribution in [0.5, 0.6) is 0 Å². The summed E-state index contributed by atoms with van der Waals surface area (Å²) < 4.78 is 0. The minimum absolute atomic E-state index is 0.105. The van der Waals surface area contributed by atoms with Crippen LogP contribution in [0.25, 0.3) is 0 Å². The number of hydrogen-bond acceptors (Lipinski definition) is 3. The Kier molecular flexibility index (Phi) is 7.50. The Bertz CT molecular complexity index is 867. The van der Waals surface area contributed by atoms with Crippen molar-refractivity contribution >= 4 is 11.9 Å². The number of nitrogens with two attached hydrogens (primary N) is 1. The molecule has 1 aliphatic rings. The Morgan fingerprint density at radius 2 is 1.68 bits per heavy atom. The van der Waals surface area contributed by atoms with Crippen LogP contribution in [0.3, 0.4) is 0 Å². The third-order valence-electron chi connectivity index (χ3n) is 6.65. The van der Waals surface area contributed by atoms with E-state index in [0.717, 1.165) is 5.56 Å². The Morgan fingerprint density at radius 1 is 1.06 bits per heavy atom. The van der Waals surface area contributed by atoms with Crippen LogP contribution in [0.2, 0.25) is 0 Å². The zero-order valence-electron chi connectivity index (χ0n) is 18.5. The largest absolute Gasteiger partial charge is 0.480 e. The van der Waals surface area contributed by atoms with Crippen LogP contribution >= 0.6 is 0 Å². The molecule has 0 aromatic heterocycles. The highest BCUT2D eigenvalue weighted by Gasteiger charge is 2.32. The molecule has 0 radical (unpaired) electrons. The number of benzene rings is 2. The van der Waals surface area contributed by atoms with Crippen molar-refractivity contribution in [2.24, 2.45) is 17.1 Å². The van der Waals surface area contributed by atoms with Gasteiger partial charge in [-0.25, -0.2) is 0 Å². The van der Waals surface area contributed by atoms with Crippen molar-refractivity contribution in [2.75, 3.05) is 6.54 Å². The summed E-state index contributed by atoms with van der Waals surface area (Å²) >= 11 is 0. The second kappa shape index (κ2) is 10.1. The van der Waals surface area contributed by atoms with E-state index in [4.69, 9.17) is 10.8 Å². The molecule has 3 rings (SSSR count). The van der Waals surface area contributed by atoms with Gasteiger partial charge in [-0.1, -0.05) is 56.3 Å². The summed E-state index contributed by atoms with van der Waals surface area (Å²) in [6.07, 6.45) is 5.04. The van der Waals surface area contributed by atoms with E-state index in [-0.39, 0.29) is 12.3 Å². The monoisotopic (exact) mass is 422 g/mol. The maximum atomic E-state index is 12.8. The lowest BCUT2D eigenvalue weighted by Crippen LogP contribution is -2.34. The Morgan fingerprint density at radius 3 is 2.26 bits per heavy atom. The average Bonchev–Trinajstić information content (AvgIpc) is 2.76. The smallest absolute Gasteiger partial charge is 0.320 e. The van der Waals surface area contributed by atoms with Gasteiger partial charge < -0.3 is 16.2 Å². The van der Waals surface area contributed by atoms with Gasteiger partial charge in [-0.2, -0.15) is 0 Å². The van der Waals surface area contributed by atoms with Crippen molar-refractivity contribution in [3.8, 4) is 0 Å². The number of amides is 1. The first-order valence-corrected chi connectivity index (χ1v) is 11.2. The number of carboxylic acid groups (broad SMARTS) is 1. The van der Waals surface area contributed by atoms with Crippen molar-refractivity contribution < 1.29 is 14.7 Å². The normalized spacial score (nSPS) is 18.2. The molecule has 0 aliphatic heterocycles. The molecule has 0 heterocycles. The highest BCUT2D eigenvalue weighted by Crippen LogP contribution is 2.43. The highest BCUT2D eigenvalue weighted by atomic mass is 16.4. The summed E-state index contributed by atoms with van der Waals surface area (Å²) in [7, 11) is 0. The van der Waals surface area contributed by atoms with Crippen molar-refractivity contribution in [2.45, 2.75) is 57.9 Å². The standard InChI is InChI=1S/C26H34N2O3/c1-26(2)14-12-20(13-15-26)22(19-6-4-3-5-7-19)17-28-24(29)21-10-8-18(9-11-21)16-23(27)25(30)31/h3-11,20,22-23H,12-17,27H2,1-2H3,(H,28,29)(H,30,31). The molecule has 0 spiro atoms. The van der Waals surface area contributed by atoms with Crippen molar-refractivity contribution in [3.05, 3.63) is 71.3 Å². The Labute approximate surface area is 185 Å². The molecular weight excluding hydrogens is 388 g/mol. The highest BCUT2D eigenvalue weighted by molar-refractivity contribution is 5.94. The number of carbonyl (C=O) groups excluding carboxylic acids is 1. The fourth-order valence-electron chi connectivity index (χ4n) is 4.52. The van der Waals surface area contributed by atoms with Crippen LogP contribution in [0.1, 0.15) is 66.9 Å². The van der Waals surface area contributed by atoms with Gasteiger partial charge in [0.1, 0.15) is 6.04 Å². The number of nitrogens with one attached hydrogen (secondary N) is 1. The maximum Gasteiger partial charge on any atom is 0.320 e. The van der Waals surface area contributed by atoms with E-state index in [1.54, 1.807) is 24.3 Å². The third kappa shape index (κ3) is 6.41. The number of aliphatic carboxylic acids is 1. The summed E-state index contributed by atoms with van der Waals surface area (Å²) in [6, 6.07) is 16.6. The second-order valence-electron chi connectivity index (χ2n) is 9.57. The van der Waals surface area contributed by atoms with Crippen LogP contribution < -0.4 is 11.1 Å². The molecule has 1 fully saturated rings. The van der Waals surface area contributed by atoms with E-state index in [0.29, 0.717) is 29.4 Å². The lowest BCUT2D eigenvalue weighted by Gasteiger charge is -2.38. The van der Waals surface area contributed by atoms with Gasteiger partial charge in [-0.15, -0.1) is 0 Å². The molecule has 2 aromatic carbocycles. The molecule has 1 saturated carbocycles. The zero-order chi connectivity index (χ0) is 22.4. The molecule has 5 heteroatoms. The van der Waals surface area contributed by atoms with Gasteiger partial charge in [0.2, 0.25) is 0 Å². The van der Waals surface area contributed by atoms with Gasteiger partial charge in [0.15, 0.2) is 0 Å². The fourth-order valence-corrected chi connectivity index (χ4v) is 4.52. The van der Waals surface area contributed by atoms with Crippen LogP contribution in [0.4, 0.5) is 0 Å². The molecule has 4 N–H and O–H groups in total. The third-order valence-corrected chi connectivity index (χ3v) is 6.65. The van der Waals surface area contributed by atoms with E-state index >= 15 is 0 Å². The number of rotatable bonds is 8. The molecule has 1 aliphatic carbocycles. The zero-order valence-corrected chi connectivity index (χ0v) is 18.5. The predicted molar refractivity (Wildman–Crippen MR) is 123 cm³/mol. The summed E-state index contributed by atoms with van der Waals surface area (Å²) in [5.41, 5.74) is 8.66. The first kappa shape index (κ1) is 23.0. The van der Waals surface area contributed by atoms with Gasteiger partial charge in [0, 0.05) is 18.0 Å². The number of carboxylic acids is 1. The van der Waals surface area contributed by atoms with Gasteiger partial charge in [-0.05, 0) is 66.7 Å². The van der Waals surface area contributed by atoms with E-state index in [9.17, 15) is 9.59 Å². The van der Waals surface area contributed by atoms with Crippen molar-refractivity contribution in [1.29, 1.82) is 0 Å². The molecular formula is C26H34N2O3. The van der Waals surface area contributed by atoms with E-state index in [2.05, 4.69) is 43.4 Å². The number of carbonyl (C=O) groups is 2. The van der Waals surface area contributed by atoms with Gasteiger partial charge >= 0.3 is 5.97 Å². The lowest BCUT2D eigenvalue weighted by molar-refractivity contribution is -0.138. The van der Waals surface area contributed by atoms with E-state index in [1.165, 1.54) is 31.2 Å². The lowest BCUT2D eigenvalue weighted by atomic mass is 9.68. The first-order valence-electron chi connectivity index (χ1n) is 11.2.